The minimum Gasteiger partial charge on any atom is -0.313 e. The van der Waals surface area contributed by atoms with Crippen LogP contribution in [0.2, 0.25) is 5.02 Å². The molecule has 90 valence electrons. The number of nitrogens with one attached hydrogen (secondary N) is 1. The van der Waals surface area contributed by atoms with E-state index in [1.807, 2.05) is 23.9 Å². The first-order valence-corrected chi connectivity index (χ1v) is 6.83. The average Bonchev–Trinajstić information content (AvgIpc) is 2.30. The van der Waals surface area contributed by atoms with E-state index in [0.717, 1.165) is 5.02 Å². The number of piperidine rings is 1. The lowest BCUT2D eigenvalue weighted by Gasteiger charge is -2.22. The van der Waals surface area contributed by atoms with E-state index in [2.05, 4.69) is 17.4 Å². The second kappa shape index (κ2) is 7.59. The summed E-state index contributed by atoms with van der Waals surface area (Å²) in [5, 5.41) is 4.37. The Kier molecular flexibility index (Phi) is 6.81. The molecule has 1 aromatic rings. The fraction of sp³-hybridized carbons (Fsp3) is 0.500. The highest BCUT2D eigenvalue weighted by atomic mass is 79.9. The zero-order valence-electron chi connectivity index (χ0n) is 9.12. The highest BCUT2D eigenvalue weighted by Gasteiger charge is 2.12. The summed E-state index contributed by atoms with van der Waals surface area (Å²) in [6, 6.07) is 8.79. The van der Waals surface area contributed by atoms with E-state index in [1.165, 1.54) is 36.5 Å². The standard InChI is InChI=1S/C12H16ClNS.BrH/c13-10-4-6-12(7-5-10)15-9-11-3-1-2-8-14-11;/h4-7,11,14H,1-3,8-9H2;1H. The van der Waals surface area contributed by atoms with Crippen LogP contribution < -0.4 is 5.32 Å². The molecule has 2 rings (SSSR count). The largest absolute Gasteiger partial charge is 0.313 e. The lowest BCUT2D eigenvalue weighted by molar-refractivity contribution is 0.430. The molecule has 1 heterocycles. The Bertz CT molecular complexity index is 298. The first-order chi connectivity index (χ1) is 7.34. The summed E-state index contributed by atoms with van der Waals surface area (Å²) in [5.74, 6) is 1.17. The SMILES string of the molecule is Br.Clc1ccc(SCC2CCCCN2)cc1. The van der Waals surface area contributed by atoms with Gasteiger partial charge in [0.2, 0.25) is 0 Å². The quantitative estimate of drug-likeness (QED) is 0.839. The fourth-order valence-electron chi connectivity index (χ4n) is 1.79. The molecular formula is C12H17BrClNS. The summed E-state index contributed by atoms with van der Waals surface area (Å²) < 4.78 is 0. The van der Waals surface area contributed by atoms with E-state index in [-0.39, 0.29) is 17.0 Å². The van der Waals surface area contributed by atoms with Gasteiger partial charge in [0.1, 0.15) is 0 Å². The van der Waals surface area contributed by atoms with E-state index in [1.54, 1.807) is 0 Å². The number of thioether (sulfide) groups is 1. The number of hydrogen-bond donors (Lipinski definition) is 1. The molecule has 1 N–H and O–H groups in total. The summed E-state index contributed by atoms with van der Waals surface area (Å²) in [6.45, 7) is 1.19. The van der Waals surface area contributed by atoms with Gasteiger partial charge in [-0.3, -0.25) is 0 Å². The molecule has 1 nitrogen and oxygen atoms in total. The van der Waals surface area contributed by atoms with Crippen molar-refractivity contribution in [2.45, 2.75) is 30.2 Å². The van der Waals surface area contributed by atoms with Crippen molar-refractivity contribution in [2.75, 3.05) is 12.3 Å². The molecule has 0 radical (unpaired) electrons. The fourth-order valence-corrected chi connectivity index (χ4v) is 2.93. The molecule has 4 heteroatoms. The summed E-state index contributed by atoms with van der Waals surface area (Å²) in [6.07, 6.45) is 4.03. The first-order valence-electron chi connectivity index (χ1n) is 5.46. The number of hydrogen-bond acceptors (Lipinski definition) is 2. The minimum absolute atomic E-state index is 0. The van der Waals surface area contributed by atoms with E-state index in [4.69, 9.17) is 11.6 Å². The van der Waals surface area contributed by atoms with Crippen molar-refractivity contribution < 1.29 is 0 Å². The Hall–Kier alpha value is 0.300. The van der Waals surface area contributed by atoms with Gasteiger partial charge in [0.25, 0.3) is 0 Å². The van der Waals surface area contributed by atoms with Gasteiger partial charge >= 0.3 is 0 Å². The van der Waals surface area contributed by atoms with Crippen LogP contribution in [-0.2, 0) is 0 Å². The molecule has 1 aliphatic rings. The molecule has 1 saturated heterocycles. The zero-order valence-corrected chi connectivity index (χ0v) is 12.4. The molecule has 0 saturated carbocycles. The monoisotopic (exact) mass is 321 g/mol. The molecule has 0 amide bonds. The summed E-state index contributed by atoms with van der Waals surface area (Å²) in [5.41, 5.74) is 0. The Balaban J connectivity index is 0.00000128. The van der Waals surface area contributed by atoms with Gasteiger partial charge in [-0.05, 0) is 43.7 Å². The summed E-state index contributed by atoms with van der Waals surface area (Å²) >= 11 is 7.75. The zero-order chi connectivity index (χ0) is 10.5. The Labute approximate surface area is 117 Å². The van der Waals surface area contributed by atoms with E-state index in [0.29, 0.717) is 6.04 Å². The third kappa shape index (κ3) is 4.66. The van der Waals surface area contributed by atoms with Crippen molar-refractivity contribution in [3.63, 3.8) is 0 Å². The first kappa shape index (κ1) is 14.4. The van der Waals surface area contributed by atoms with Crippen molar-refractivity contribution in [1.82, 2.24) is 5.32 Å². The maximum absolute atomic E-state index is 5.84. The van der Waals surface area contributed by atoms with Crippen LogP contribution in [0.25, 0.3) is 0 Å². The molecule has 0 aromatic heterocycles. The van der Waals surface area contributed by atoms with Crippen LogP contribution in [-0.4, -0.2) is 18.3 Å². The number of rotatable bonds is 3. The molecule has 1 unspecified atom stereocenters. The van der Waals surface area contributed by atoms with E-state index < -0.39 is 0 Å². The van der Waals surface area contributed by atoms with Crippen LogP contribution in [0.15, 0.2) is 29.2 Å². The maximum Gasteiger partial charge on any atom is 0.0406 e. The molecule has 1 fully saturated rings. The van der Waals surface area contributed by atoms with Gasteiger partial charge in [-0.1, -0.05) is 18.0 Å². The molecule has 0 bridgehead atoms. The highest BCUT2D eigenvalue weighted by molar-refractivity contribution is 8.93. The maximum atomic E-state index is 5.84. The van der Waals surface area contributed by atoms with Crippen LogP contribution >= 0.6 is 40.3 Å². The van der Waals surface area contributed by atoms with E-state index in [9.17, 15) is 0 Å². The van der Waals surface area contributed by atoms with Crippen molar-refractivity contribution in [1.29, 1.82) is 0 Å². The highest BCUT2D eigenvalue weighted by Crippen LogP contribution is 2.22. The van der Waals surface area contributed by atoms with Gasteiger partial charge in [-0.2, -0.15) is 0 Å². The van der Waals surface area contributed by atoms with Crippen LogP contribution in [0.1, 0.15) is 19.3 Å². The van der Waals surface area contributed by atoms with Crippen LogP contribution in [0.4, 0.5) is 0 Å². The topological polar surface area (TPSA) is 12.0 Å². The molecule has 16 heavy (non-hydrogen) atoms. The van der Waals surface area contributed by atoms with Crippen molar-refractivity contribution in [2.24, 2.45) is 0 Å². The predicted octanol–water partition coefficient (Wildman–Crippen LogP) is 4.15. The third-order valence-electron chi connectivity index (χ3n) is 2.68. The molecule has 0 aliphatic carbocycles. The molecule has 1 aromatic carbocycles. The average molecular weight is 323 g/mol. The van der Waals surface area contributed by atoms with Gasteiger partial charge < -0.3 is 5.32 Å². The van der Waals surface area contributed by atoms with Crippen molar-refractivity contribution in [3.8, 4) is 0 Å². The Morgan fingerprint density at radius 3 is 2.62 bits per heavy atom. The number of benzene rings is 1. The van der Waals surface area contributed by atoms with Crippen LogP contribution in [0, 0.1) is 0 Å². The van der Waals surface area contributed by atoms with Crippen LogP contribution in [0.3, 0.4) is 0 Å². The lowest BCUT2D eigenvalue weighted by Crippen LogP contribution is -2.35. The van der Waals surface area contributed by atoms with Gasteiger partial charge in [-0.15, -0.1) is 28.7 Å². The molecular weight excluding hydrogens is 306 g/mol. The van der Waals surface area contributed by atoms with Gasteiger partial charge in [-0.25, -0.2) is 0 Å². The minimum atomic E-state index is 0. The van der Waals surface area contributed by atoms with E-state index >= 15 is 0 Å². The second-order valence-electron chi connectivity index (χ2n) is 3.91. The van der Waals surface area contributed by atoms with Gasteiger partial charge in [0.05, 0.1) is 0 Å². The normalized spacial score (nSPS) is 20.2. The summed E-state index contributed by atoms with van der Waals surface area (Å²) in [4.78, 5) is 1.31. The van der Waals surface area contributed by atoms with Crippen molar-refractivity contribution in [3.05, 3.63) is 29.3 Å². The Morgan fingerprint density at radius 2 is 2.00 bits per heavy atom. The molecule has 0 spiro atoms. The lowest BCUT2D eigenvalue weighted by atomic mass is 10.1. The van der Waals surface area contributed by atoms with Gasteiger partial charge in [0.15, 0.2) is 0 Å². The number of halogens is 2. The Morgan fingerprint density at radius 1 is 1.25 bits per heavy atom. The van der Waals surface area contributed by atoms with Crippen LogP contribution in [0.5, 0.6) is 0 Å². The predicted molar refractivity (Wildman–Crippen MR) is 78.1 cm³/mol. The third-order valence-corrected chi connectivity index (χ3v) is 4.10. The van der Waals surface area contributed by atoms with Gasteiger partial charge in [0, 0.05) is 21.7 Å². The second-order valence-corrected chi connectivity index (χ2v) is 5.44. The molecule has 1 atom stereocenters. The smallest absolute Gasteiger partial charge is 0.0406 e. The molecule has 1 aliphatic heterocycles. The summed E-state index contributed by atoms with van der Waals surface area (Å²) in [7, 11) is 0. The van der Waals surface area contributed by atoms with Crippen molar-refractivity contribution >= 4 is 40.3 Å².